The number of benzene rings is 3. The fourth-order valence-electron chi connectivity index (χ4n) is 2.69. The molecular weight excluding hydrogens is 392 g/mol. The molecule has 0 fully saturated rings. The topological polar surface area (TPSA) is 45.6 Å². The maximum absolute atomic E-state index is 13.3. The first-order chi connectivity index (χ1) is 14.0. The summed E-state index contributed by atoms with van der Waals surface area (Å²) >= 11 is 1.33. The summed E-state index contributed by atoms with van der Waals surface area (Å²) in [6.07, 6.45) is 1.46. The lowest BCUT2D eigenvalue weighted by molar-refractivity contribution is 0.0988. The van der Waals surface area contributed by atoms with Crippen LogP contribution in [0.5, 0.6) is 0 Å². The van der Waals surface area contributed by atoms with E-state index < -0.39 is 11.7 Å². The maximum Gasteiger partial charge on any atom is 0.280 e. The number of fused-ring (bicyclic) bond motifs is 1. The van der Waals surface area contributed by atoms with Crippen LogP contribution in [0.2, 0.25) is 0 Å². The van der Waals surface area contributed by atoms with E-state index in [1.807, 2.05) is 25.1 Å². The third kappa shape index (κ3) is 4.20. The molecule has 0 unspecified atom stereocenters. The molecule has 0 atom stereocenters. The third-order valence-corrected chi connectivity index (χ3v) is 5.18. The molecular formula is C22H15F2N3OS. The van der Waals surface area contributed by atoms with Gasteiger partial charge in [-0.2, -0.15) is 10.1 Å². The first-order valence-corrected chi connectivity index (χ1v) is 9.58. The molecule has 0 aliphatic carbocycles. The summed E-state index contributed by atoms with van der Waals surface area (Å²) in [6, 6.07) is 16.8. The van der Waals surface area contributed by atoms with Gasteiger partial charge in [-0.1, -0.05) is 29.5 Å². The average molecular weight is 407 g/mol. The number of hydrogen-bond donors (Lipinski definition) is 0. The molecule has 7 heteroatoms. The molecule has 29 heavy (non-hydrogen) atoms. The van der Waals surface area contributed by atoms with Crippen molar-refractivity contribution in [3.05, 3.63) is 95.1 Å². The zero-order valence-electron chi connectivity index (χ0n) is 15.3. The van der Waals surface area contributed by atoms with Crippen LogP contribution in [0.15, 0.2) is 71.8 Å². The summed E-state index contributed by atoms with van der Waals surface area (Å²) in [4.78, 5) is 17.6. The fraction of sp³-hybridized carbons (Fsp3) is 0.0455. The maximum atomic E-state index is 13.3. The standard InChI is InChI=1S/C22H15F2N3OS/c1-14-2-11-19-20(12-14)29-22(26-19)27(21(28)16-5-9-18(24)10-6-16)25-13-15-3-7-17(23)8-4-15/h2-13H,1H3/b25-13+. The van der Waals surface area contributed by atoms with E-state index in [1.165, 1.54) is 59.0 Å². The van der Waals surface area contributed by atoms with Gasteiger partial charge in [0.05, 0.1) is 16.4 Å². The van der Waals surface area contributed by atoms with Crippen LogP contribution in [0, 0.1) is 18.6 Å². The number of nitrogens with zero attached hydrogens (tertiary/aromatic N) is 3. The van der Waals surface area contributed by atoms with Crippen molar-refractivity contribution in [1.82, 2.24) is 4.98 Å². The molecule has 0 spiro atoms. The Morgan fingerprint density at radius 3 is 2.34 bits per heavy atom. The quantitative estimate of drug-likeness (QED) is 0.328. The summed E-state index contributed by atoms with van der Waals surface area (Å²) in [5.41, 5.74) is 2.74. The molecule has 0 aliphatic heterocycles. The van der Waals surface area contributed by atoms with Crippen molar-refractivity contribution < 1.29 is 13.6 Å². The number of hydrazone groups is 1. The van der Waals surface area contributed by atoms with Crippen LogP contribution in [-0.2, 0) is 0 Å². The molecule has 1 aromatic heterocycles. The van der Waals surface area contributed by atoms with Crippen molar-refractivity contribution in [1.29, 1.82) is 0 Å². The number of thiazole rings is 1. The molecule has 4 aromatic rings. The van der Waals surface area contributed by atoms with E-state index in [0.29, 0.717) is 10.7 Å². The lowest BCUT2D eigenvalue weighted by Gasteiger charge is -2.13. The van der Waals surface area contributed by atoms with Crippen molar-refractivity contribution in [2.75, 3.05) is 5.01 Å². The predicted molar refractivity (Wildman–Crippen MR) is 112 cm³/mol. The van der Waals surface area contributed by atoms with Crippen LogP contribution in [0.1, 0.15) is 21.5 Å². The normalized spacial score (nSPS) is 11.3. The minimum atomic E-state index is -0.445. The Balaban J connectivity index is 1.75. The van der Waals surface area contributed by atoms with Crippen molar-refractivity contribution in [2.45, 2.75) is 6.92 Å². The highest BCUT2D eigenvalue weighted by Crippen LogP contribution is 2.30. The monoisotopic (exact) mass is 407 g/mol. The number of anilines is 1. The number of carbonyl (C=O) groups excluding carboxylic acids is 1. The van der Waals surface area contributed by atoms with Crippen LogP contribution in [0.4, 0.5) is 13.9 Å². The van der Waals surface area contributed by atoms with E-state index >= 15 is 0 Å². The van der Waals surface area contributed by atoms with Gasteiger partial charge in [0.15, 0.2) is 0 Å². The summed E-state index contributed by atoms with van der Waals surface area (Å²) < 4.78 is 27.3. The van der Waals surface area contributed by atoms with Crippen molar-refractivity contribution >= 4 is 38.8 Å². The van der Waals surface area contributed by atoms with E-state index in [4.69, 9.17) is 0 Å². The molecule has 0 radical (unpaired) electrons. The summed E-state index contributed by atoms with van der Waals surface area (Å²) in [6.45, 7) is 1.98. The molecule has 0 N–H and O–H groups in total. The van der Waals surface area contributed by atoms with Crippen molar-refractivity contribution in [3.63, 3.8) is 0 Å². The Bertz CT molecular complexity index is 1200. The van der Waals surface area contributed by atoms with Gasteiger partial charge in [-0.15, -0.1) is 0 Å². The zero-order chi connectivity index (χ0) is 20.4. The number of amides is 1. The Labute approximate surface area is 169 Å². The number of aromatic nitrogens is 1. The van der Waals surface area contributed by atoms with Gasteiger partial charge in [0.25, 0.3) is 5.91 Å². The molecule has 0 saturated carbocycles. The van der Waals surface area contributed by atoms with Crippen LogP contribution in [-0.4, -0.2) is 17.1 Å². The zero-order valence-corrected chi connectivity index (χ0v) is 16.2. The van der Waals surface area contributed by atoms with Gasteiger partial charge in [-0.25, -0.2) is 13.8 Å². The molecule has 0 bridgehead atoms. The highest BCUT2D eigenvalue weighted by molar-refractivity contribution is 7.22. The van der Waals surface area contributed by atoms with Crippen LogP contribution in [0.3, 0.4) is 0 Å². The summed E-state index contributed by atoms with van der Waals surface area (Å²) in [5.74, 6) is -1.24. The van der Waals surface area contributed by atoms with Crippen molar-refractivity contribution in [3.8, 4) is 0 Å². The fourth-order valence-corrected chi connectivity index (χ4v) is 3.71. The minimum Gasteiger partial charge on any atom is -0.267 e. The molecule has 0 saturated heterocycles. The van der Waals surface area contributed by atoms with E-state index in [0.717, 1.165) is 15.8 Å². The third-order valence-electron chi connectivity index (χ3n) is 4.19. The second-order valence-electron chi connectivity index (χ2n) is 6.39. The number of hydrogen-bond acceptors (Lipinski definition) is 4. The van der Waals surface area contributed by atoms with E-state index in [1.54, 1.807) is 12.1 Å². The molecule has 1 heterocycles. The molecule has 0 aliphatic rings. The number of carbonyl (C=O) groups is 1. The number of rotatable bonds is 4. The smallest absolute Gasteiger partial charge is 0.267 e. The second-order valence-corrected chi connectivity index (χ2v) is 7.40. The number of aryl methyl sites for hydroxylation is 1. The van der Waals surface area contributed by atoms with Gasteiger partial charge in [0.2, 0.25) is 5.13 Å². The highest BCUT2D eigenvalue weighted by Gasteiger charge is 2.21. The van der Waals surface area contributed by atoms with Crippen LogP contribution >= 0.6 is 11.3 Å². The molecule has 1 amide bonds. The molecule has 4 nitrogen and oxygen atoms in total. The van der Waals surface area contributed by atoms with Crippen molar-refractivity contribution in [2.24, 2.45) is 5.10 Å². The number of halogens is 2. The summed E-state index contributed by atoms with van der Waals surface area (Å²) in [5, 5.41) is 5.87. The second kappa shape index (κ2) is 7.89. The minimum absolute atomic E-state index is 0.276. The van der Waals surface area contributed by atoms with Crippen LogP contribution < -0.4 is 5.01 Å². The van der Waals surface area contributed by atoms with Gasteiger partial charge in [-0.05, 0) is 66.6 Å². The SMILES string of the molecule is Cc1ccc2nc(N(/N=C/c3ccc(F)cc3)C(=O)c3ccc(F)cc3)sc2c1. The summed E-state index contributed by atoms with van der Waals surface area (Å²) in [7, 11) is 0. The predicted octanol–water partition coefficient (Wildman–Crippen LogP) is 5.56. The Morgan fingerprint density at radius 2 is 1.66 bits per heavy atom. The Morgan fingerprint density at radius 1 is 1.00 bits per heavy atom. The first-order valence-electron chi connectivity index (χ1n) is 8.76. The first kappa shape index (κ1) is 18.9. The highest BCUT2D eigenvalue weighted by atomic mass is 32.1. The molecule has 144 valence electrons. The molecule has 4 rings (SSSR count). The van der Waals surface area contributed by atoms with Crippen LogP contribution in [0.25, 0.3) is 10.2 Å². The Kier molecular flexibility index (Phi) is 5.14. The lowest BCUT2D eigenvalue weighted by atomic mass is 10.2. The largest absolute Gasteiger partial charge is 0.280 e. The van der Waals surface area contributed by atoms with E-state index in [-0.39, 0.29) is 11.4 Å². The van der Waals surface area contributed by atoms with Gasteiger partial charge < -0.3 is 0 Å². The Hall–Kier alpha value is -3.45. The average Bonchev–Trinajstić information content (AvgIpc) is 3.12. The van der Waals surface area contributed by atoms with Gasteiger partial charge in [0.1, 0.15) is 11.6 Å². The lowest BCUT2D eigenvalue weighted by Crippen LogP contribution is -2.25. The van der Waals surface area contributed by atoms with Gasteiger partial charge in [0, 0.05) is 5.56 Å². The van der Waals surface area contributed by atoms with Gasteiger partial charge in [-0.3, -0.25) is 4.79 Å². The molecule has 3 aromatic carbocycles. The van der Waals surface area contributed by atoms with E-state index in [2.05, 4.69) is 10.1 Å². The van der Waals surface area contributed by atoms with E-state index in [9.17, 15) is 13.6 Å². The van der Waals surface area contributed by atoms with Gasteiger partial charge >= 0.3 is 0 Å².